The molecule has 31 heavy (non-hydrogen) atoms. The van der Waals surface area contributed by atoms with E-state index in [1.807, 2.05) is 36.4 Å². The van der Waals surface area contributed by atoms with Crippen LogP contribution in [0.25, 0.3) is 0 Å². The molecule has 7 nitrogen and oxygen atoms in total. The zero-order chi connectivity index (χ0) is 22.6. The monoisotopic (exact) mass is 444 g/mol. The molecule has 0 saturated heterocycles. The standard InChI is InChI=1S/C23H32N4O3S/c1-4-27(5-2)17-16-26(3)22(28)21(18-19-12-8-6-9-13-19)24-23(29)25-31(30)20-14-10-7-11-15-20/h6-15,21H,4-5,16-18H2,1-3H3,(H2,24,25,29). The first-order valence-electron chi connectivity index (χ1n) is 10.5. The van der Waals surface area contributed by atoms with Gasteiger partial charge in [0.2, 0.25) is 5.91 Å². The third-order valence-corrected chi connectivity index (χ3v) is 6.12. The number of carbonyl (C=O) groups excluding carboxylic acids is 2. The number of amides is 3. The first-order valence-corrected chi connectivity index (χ1v) is 11.6. The number of carbonyl (C=O) groups is 2. The summed E-state index contributed by atoms with van der Waals surface area (Å²) >= 11 is 0. The second-order valence-corrected chi connectivity index (χ2v) is 8.40. The van der Waals surface area contributed by atoms with Gasteiger partial charge in [-0.15, -0.1) is 0 Å². The Morgan fingerprint density at radius 2 is 1.52 bits per heavy atom. The number of nitrogens with zero attached hydrogens (tertiary/aromatic N) is 2. The number of hydrogen-bond donors (Lipinski definition) is 2. The number of benzene rings is 2. The minimum atomic E-state index is -1.71. The Balaban J connectivity index is 2.05. The molecule has 0 radical (unpaired) electrons. The Morgan fingerprint density at radius 3 is 2.10 bits per heavy atom. The van der Waals surface area contributed by atoms with Gasteiger partial charge in [0.1, 0.15) is 6.04 Å². The van der Waals surface area contributed by atoms with Crippen molar-refractivity contribution in [2.45, 2.75) is 31.2 Å². The van der Waals surface area contributed by atoms with Gasteiger partial charge >= 0.3 is 6.03 Å². The van der Waals surface area contributed by atoms with Gasteiger partial charge in [0.05, 0.1) is 4.90 Å². The molecule has 0 aliphatic rings. The maximum Gasteiger partial charge on any atom is 0.327 e. The Hall–Kier alpha value is -2.71. The fourth-order valence-corrected chi connectivity index (χ4v) is 3.88. The molecule has 168 valence electrons. The van der Waals surface area contributed by atoms with Crippen LogP contribution in [0.1, 0.15) is 19.4 Å². The van der Waals surface area contributed by atoms with E-state index in [1.54, 1.807) is 36.2 Å². The van der Waals surface area contributed by atoms with Gasteiger partial charge in [0, 0.05) is 26.6 Å². The molecule has 0 heterocycles. The van der Waals surface area contributed by atoms with Gasteiger partial charge < -0.3 is 15.1 Å². The normalized spacial score (nSPS) is 12.8. The summed E-state index contributed by atoms with van der Waals surface area (Å²) in [4.78, 5) is 30.0. The fourth-order valence-electron chi connectivity index (χ4n) is 3.13. The van der Waals surface area contributed by atoms with Gasteiger partial charge in [0.25, 0.3) is 0 Å². The highest BCUT2D eigenvalue weighted by molar-refractivity contribution is 7.83. The van der Waals surface area contributed by atoms with Crippen molar-refractivity contribution in [2.24, 2.45) is 0 Å². The molecule has 2 aromatic rings. The average Bonchev–Trinajstić information content (AvgIpc) is 2.79. The van der Waals surface area contributed by atoms with Crippen LogP contribution in [0.5, 0.6) is 0 Å². The molecule has 8 heteroatoms. The van der Waals surface area contributed by atoms with E-state index in [1.165, 1.54) is 0 Å². The lowest BCUT2D eigenvalue weighted by molar-refractivity contribution is -0.132. The molecule has 2 rings (SSSR count). The summed E-state index contributed by atoms with van der Waals surface area (Å²) in [6.07, 6.45) is 0.348. The summed E-state index contributed by atoms with van der Waals surface area (Å²) in [6, 6.07) is 16.8. The van der Waals surface area contributed by atoms with E-state index in [9.17, 15) is 13.8 Å². The average molecular weight is 445 g/mol. The summed E-state index contributed by atoms with van der Waals surface area (Å²) in [7, 11) is 0.0355. The minimum Gasteiger partial charge on any atom is -0.343 e. The van der Waals surface area contributed by atoms with Crippen molar-refractivity contribution in [3.63, 3.8) is 0 Å². The summed E-state index contributed by atoms with van der Waals surface area (Å²) in [5.74, 6) is -0.184. The molecular formula is C23H32N4O3S. The second-order valence-electron chi connectivity index (χ2n) is 7.19. The Morgan fingerprint density at radius 1 is 0.935 bits per heavy atom. The topological polar surface area (TPSA) is 81.8 Å². The SMILES string of the molecule is CCN(CC)CCN(C)C(=O)C(Cc1ccccc1)NC(=O)NS(=O)c1ccccc1. The first kappa shape index (κ1) is 24.6. The van der Waals surface area contributed by atoms with E-state index < -0.39 is 23.1 Å². The quantitative estimate of drug-likeness (QED) is 0.558. The molecule has 0 fully saturated rings. The van der Waals surface area contributed by atoms with Crippen LogP contribution in [-0.2, 0) is 22.2 Å². The van der Waals surface area contributed by atoms with Gasteiger partial charge in [-0.05, 0) is 30.8 Å². The largest absolute Gasteiger partial charge is 0.343 e. The van der Waals surface area contributed by atoms with Crippen molar-refractivity contribution < 1.29 is 13.8 Å². The highest BCUT2D eigenvalue weighted by Gasteiger charge is 2.25. The number of likely N-dealkylation sites (N-methyl/N-ethyl adjacent to an activating group) is 2. The summed E-state index contributed by atoms with van der Waals surface area (Å²) in [6.45, 7) is 7.32. The van der Waals surface area contributed by atoms with Crippen LogP contribution in [-0.4, -0.2) is 65.2 Å². The third-order valence-electron chi connectivity index (χ3n) is 5.05. The highest BCUT2D eigenvalue weighted by Crippen LogP contribution is 2.07. The lowest BCUT2D eigenvalue weighted by Crippen LogP contribution is -2.52. The Kier molecular flexibility index (Phi) is 10.2. The maximum atomic E-state index is 13.1. The van der Waals surface area contributed by atoms with Crippen LogP contribution >= 0.6 is 0 Å². The van der Waals surface area contributed by atoms with Crippen LogP contribution in [0.4, 0.5) is 4.79 Å². The fraction of sp³-hybridized carbons (Fsp3) is 0.391. The van der Waals surface area contributed by atoms with E-state index in [2.05, 4.69) is 28.8 Å². The summed E-state index contributed by atoms with van der Waals surface area (Å²) in [5.41, 5.74) is 0.933. The molecule has 0 bridgehead atoms. The number of nitrogens with one attached hydrogen (secondary N) is 2. The first-order chi connectivity index (χ1) is 14.9. The van der Waals surface area contributed by atoms with Crippen molar-refractivity contribution in [2.75, 3.05) is 33.2 Å². The van der Waals surface area contributed by atoms with E-state index in [4.69, 9.17) is 0 Å². The van der Waals surface area contributed by atoms with Crippen molar-refractivity contribution in [1.29, 1.82) is 0 Å². The van der Waals surface area contributed by atoms with E-state index in [0.717, 1.165) is 25.2 Å². The minimum absolute atomic E-state index is 0.184. The van der Waals surface area contributed by atoms with Crippen molar-refractivity contribution in [3.8, 4) is 0 Å². The molecular weight excluding hydrogens is 412 g/mol. The van der Waals surface area contributed by atoms with Crippen LogP contribution in [0.3, 0.4) is 0 Å². The van der Waals surface area contributed by atoms with Crippen molar-refractivity contribution >= 4 is 22.9 Å². The van der Waals surface area contributed by atoms with Crippen molar-refractivity contribution in [3.05, 3.63) is 66.2 Å². The molecule has 2 N–H and O–H groups in total. The lowest BCUT2D eigenvalue weighted by Gasteiger charge is -2.27. The molecule has 0 aliphatic heterocycles. The molecule has 3 amide bonds. The third kappa shape index (κ3) is 8.15. The van der Waals surface area contributed by atoms with Crippen LogP contribution in [0, 0.1) is 0 Å². The predicted molar refractivity (Wildman–Crippen MR) is 124 cm³/mol. The number of hydrogen-bond acceptors (Lipinski definition) is 4. The summed E-state index contributed by atoms with van der Waals surface area (Å²) in [5, 5.41) is 2.71. The lowest BCUT2D eigenvalue weighted by atomic mass is 10.0. The van der Waals surface area contributed by atoms with E-state index >= 15 is 0 Å². The van der Waals surface area contributed by atoms with Crippen LogP contribution < -0.4 is 10.0 Å². The molecule has 2 unspecified atom stereocenters. The van der Waals surface area contributed by atoms with Gasteiger partial charge in [-0.1, -0.05) is 62.4 Å². The number of rotatable bonds is 11. The van der Waals surface area contributed by atoms with Crippen molar-refractivity contribution in [1.82, 2.24) is 19.8 Å². The highest BCUT2D eigenvalue weighted by atomic mass is 32.2. The molecule has 0 spiro atoms. The zero-order valence-electron chi connectivity index (χ0n) is 18.4. The van der Waals surface area contributed by atoms with Gasteiger partial charge in [-0.25, -0.2) is 9.00 Å². The predicted octanol–water partition coefficient (Wildman–Crippen LogP) is 2.42. The molecule has 0 saturated carbocycles. The summed E-state index contributed by atoms with van der Waals surface area (Å²) < 4.78 is 14.8. The zero-order valence-corrected chi connectivity index (χ0v) is 19.2. The molecule has 2 aromatic carbocycles. The maximum absolute atomic E-state index is 13.1. The van der Waals surface area contributed by atoms with E-state index in [-0.39, 0.29) is 5.91 Å². The smallest absolute Gasteiger partial charge is 0.327 e. The molecule has 2 atom stereocenters. The second kappa shape index (κ2) is 12.9. The van der Waals surface area contributed by atoms with E-state index in [0.29, 0.717) is 17.9 Å². The van der Waals surface area contributed by atoms with Crippen LogP contribution in [0.15, 0.2) is 65.6 Å². The van der Waals surface area contributed by atoms with Gasteiger partial charge in [-0.3, -0.25) is 9.52 Å². The van der Waals surface area contributed by atoms with Gasteiger partial charge in [-0.2, -0.15) is 0 Å². The Labute approximate surface area is 187 Å². The Bertz CT molecular complexity index is 844. The van der Waals surface area contributed by atoms with Crippen LogP contribution in [0.2, 0.25) is 0 Å². The number of urea groups is 1. The molecule has 0 aliphatic carbocycles. The molecule has 0 aromatic heterocycles. The van der Waals surface area contributed by atoms with Gasteiger partial charge in [0.15, 0.2) is 11.0 Å².